The van der Waals surface area contributed by atoms with Crippen LogP contribution in [0.2, 0.25) is 0 Å². The fraction of sp³-hybridized carbons (Fsp3) is 0.0769. The van der Waals surface area contributed by atoms with Crippen molar-refractivity contribution >= 4 is 17.3 Å². The lowest BCUT2D eigenvalue weighted by Crippen LogP contribution is -2.14. The molecule has 2 aromatic rings. The van der Waals surface area contributed by atoms with Gasteiger partial charge >= 0.3 is 5.69 Å². The normalized spacial score (nSPS) is 10.1. The van der Waals surface area contributed by atoms with Gasteiger partial charge in [-0.05, 0) is 31.2 Å². The second-order valence-corrected chi connectivity index (χ2v) is 4.04. The number of pyridine rings is 1. The zero-order chi connectivity index (χ0) is 14.7. The number of carbonyl (C=O) groups is 1. The summed E-state index contributed by atoms with van der Waals surface area (Å²) >= 11 is 0. The topological polar surface area (TPSA) is 85.1 Å². The first-order valence-electron chi connectivity index (χ1n) is 5.66. The van der Waals surface area contributed by atoms with Crippen molar-refractivity contribution in [1.82, 2.24) is 4.98 Å². The molecule has 102 valence electrons. The fourth-order valence-corrected chi connectivity index (χ4v) is 1.59. The van der Waals surface area contributed by atoms with E-state index in [4.69, 9.17) is 0 Å². The summed E-state index contributed by atoms with van der Waals surface area (Å²) in [5.74, 6) is -1.48. The Kier molecular flexibility index (Phi) is 3.69. The van der Waals surface area contributed by atoms with Crippen molar-refractivity contribution in [3.63, 3.8) is 0 Å². The van der Waals surface area contributed by atoms with E-state index < -0.39 is 22.3 Å². The number of hydrogen-bond donors (Lipinski definition) is 1. The Labute approximate surface area is 113 Å². The maximum absolute atomic E-state index is 13.2. The van der Waals surface area contributed by atoms with Gasteiger partial charge in [0, 0.05) is 17.4 Å². The number of nitrogens with one attached hydrogen (secondary N) is 1. The predicted octanol–water partition coefficient (Wildman–Crippen LogP) is 2.69. The zero-order valence-electron chi connectivity index (χ0n) is 10.5. The second-order valence-electron chi connectivity index (χ2n) is 4.04. The lowest BCUT2D eigenvalue weighted by Gasteiger charge is -2.05. The van der Waals surface area contributed by atoms with Crippen LogP contribution in [0.5, 0.6) is 0 Å². The van der Waals surface area contributed by atoms with Crippen molar-refractivity contribution < 1.29 is 14.1 Å². The van der Waals surface area contributed by atoms with Crippen LogP contribution in [0.25, 0.3) is 0 Å². The summed E-state index contributed by atoms with van der Waals surface area (Å²) in [6, 6.07) is 8.06. The zero-order valence-corrected chi connectivity index (χ0v) is 10.5. The Morgan fingerprint density at radius 1 is 1.35 bits per heavy atom. The highest BCUT2D eigenvalue weighted by molar-refractivity contribution is 6.03. The summed E-state index contributed by atoms with van der Waals surface area (Å²) in [6.07, 6.45) is 0. The molecular formula is C13H10FN3O3. The van der Waals surface area contributed by atoms with Gasteiger partial charge < -0.3 is 5.32 Å². The molecule has 0 aliphatic rings. The van der Waals surface area contributed by atoms with Crippen LogP contribution in [-0.4, -0.2) is 15.8 Å². The molecule has 1 heterocycles. The standard InChI is InChI=1S/C13H10FN3O3/c1-8-3-2-4-11(15-8)13(18)16-9-5-6-10(14)12(7-9)17(19)20/h2-7H,1H3,(H,16,18). The number of nitrogens with zero attached hydrogens (tertiary/aromatic N) is 2. The SMILES string of the molecule is Cc1cccc(C(=O)Nc2ccc(F)c([N+](=O)[O-])c2)n1. The minimum atomic E-state index is -0.957. The van der Waals surface area contributed by atoms with Gasteiger partial charge in [0.2, 0.25) is 5.82 Å². The predicted molar refractivity (Wildman–Crippen MR) is 70.0 cm³/mol. The van der Waals surface area contributed by atoms with Crippen LogP contribution >= 0.6 is 0 Å². The molecule has 0 saturated heterocycles. The van der Waals surface area contributed by atoms with E-state index in [2.05, 4.69) is 10.3 Å². The van der Waals surface area contributed by atoms with E-state index in [0.717, 1.165) is 12.1 Å². The number of benzene rings is 1. The third kappa shape index (κ3) is 2.94. The van der Waals surface area contributed by atoms with Crippen LogP contribution in [0.15, 0.2) is 36.4 Å². The molecular weight excluding hydrogens is 265 g/mol. The van der Waals surface area contributed by atoms with Gasteiger partial charge in [0.25, 0.3) is 5.91 Å². The van der Waals surface area contributed by atoms with E-state index in [1.807, 2.05) is 0 Å². The Bertz CT molecular complexity index is 688. The van der Waals surface area contributed by atoms with Crippen LogP contribution in [0.4, 0.5) is 15.8 Å². The molecule has 1 amide bonds. The molecule has 0 aliphatic heterocycles. The highest BCUT2D eigenvalue weighted by Gasteiger charge is 2.16. The molecule has 0 aliphatic carbocycles. The molecule has 20 heavy (non-hydrogen) atoms. The molecule has 0 saturated carbocycles. The summed E-state index contributed by atoms with van der Waals surface area (Å²) in [5.41, 5.74) is 0.283. The molecule has 0 spiro atoms. The molecule has 0 radical (unpaired) electrons. The van der Waals surface area contributed by atoms with E-state index >= 15 is 0 Å². The number of rotatable bonds is 3. The molecule has 0 atom stereocenters. The highest BCUT2D eigenvalue weighted by atomic mass is 19.1. The van der Waals surface area contributed by atoms with Gasteiger partial charge in [0.05, 0.1) is 4.92 Å². The molecule has 7 heteroatoms. The third-order valence-electron chi connectivity index (χ3n) is 2.52. The van der Waals surface area contributed by atoms with Crippen molar-refractivity contribution in [2.24, 2.45) is 0 Å². The number of nitro groups is 1. The average Bonchev–Trinajstić information content (AvgIpc) is 2.40. The van der Waals surface area contributed by atoms with Crippen LogP contribution in [0.3, 0.4) is 0 Å². The molecule has 1 N–H and O–H groups in total. The van der Waals surface area contributed by atoms with Crippen molar-refractivity contribution in [2.75, 3.05) is 5.32 Å². The monoisotopic (exact) mass is 275 g/mol. The number of halogens is 1. The van der Waals surface area contributed by atoms with Crippen LogP contribution < -0.4 is 5.32 Å². The van der Waals surface area contributed by atoms with Gasteiger partial charge in [0.1, 0.15) is 5.69 Å². The smallest absolute Gasteiger partial charge is 0.306 e. The summed E-state index contributed by atoms with van der Waals surface area (Å²) in [5, 5.41) is 13.1. The number of anilines is 1. The number of aromatic nitrogens is 1. The Balaban J connectivity index is 2.24. The molecule has 0 fully saturated rings. The largest absolute Gasteiger partial charge is 0.320 e. The molecule has 2 rings (SSSR count). The van der Waals surface area contributed by atoms with Crippen molar-refractivity contribution in [3.8, 4) is 0 Å². The molecule has 0 unspecified atom stereocenters. The van der Waals surface area contributed by atoms with Crippen molar-refractivity contribution in [2.45, 2.75) is 6.92 Å². The summed E-state index contributed by atoms with van der Waals surface area (Å²) in [4.78, 5) is 25.7. The van der Waals surface area contributed by atoms with Crippen LogP contribution in [0.1, 0.15) is 16.2 Å². The van der Waals surface area contributed by atoms with E-state index in [0.29, 0.717) is 5.69 Å². The maximum atomic E-state index is 13.2. The number of aryl methyl sites for hydroxylation is 1. The summed E-state index contributed by atoms with van der Waals surface area (Å²) in [7, 11) is 0. The van der Waals surface area contributed by atoms with E-state index in [1.54, 1.807) is 19.1 Å². The highest BCUT2D eigenvalue weighted by Crippen LogP contribution is 2.21. The number of hydrogen-bond acceptors (Lipinski definition) is 4. The minimum absolute atomic E-state index is 0.131. The lowest BCUT2D eigenvalue weighted by molar-refractivity contribution is -0.387. The third-order valence-corrected chi connectivity index (χ3v) is 2.52. The second kappa shape index (κ2) is 5.43. The number of amides is 1. The van der Waals surface area contributed by atoms with E-state index in [9.17, 15) is 19.3 Å². The lowest BCUT2D eigenvalue weighted by atomic mass is 10.2. The fourth-order valence-electron chi connectivity index (χ4n) is 1.59. The van der Waals surface area contributed by atoms with E-state index in [1.165, 1.54) is 12.1 Å². The van der Waals surface area contributed by atoms with Gasteiger partial charge in [-0.25, -0.2) is 4.98 Å². The van der Waals surface area contributed by atoms with Gasteiger partial charge in [-0.2, -0.15) is 4.39 Å². The van der Waals surface area contributed by atoms with Crippen molar-refractivity contribution in [1.29, 1.82) is 0 Å². The van der Waals surface area contributed by atoms with Gasteiger partial charge in [-0.15, -0.1) is 0 Å². The minimum Gasteiger partial charge on any atom is -0.320 e. The molecule has 1 aromatic carbocycles. The van der Waals surface area contributed by atoms with Crippen molar-refractivity contribution in [3.05, 3.63) is 63.7 Å². The molecule has 1 aromatic heterocycles. The molecule has 6 nitrogen and oxygen atoms in total. The first-order valence-corrected chi connectivity index (χ1v) is 5.66. The number of carbonyl (C=O) groups excluding carboxylic acids is 1. The Morgan fingerprint density at radius 2 is 2.10 bits per heavy atom. The summed E-state index contributed by atoms with van der Waals surface area (Å²) in [6.45, 7) is 1.74. The quantitative estimate of drug-likeness (QED) is 0.689. The first-order chi connectivity index (χ1) is 9.47. The van der Waals surface area contributed by atoms with Gasteiger partial charge in [-0.1, -0.05) is 6.07 Å². The van der Waals surface area contributed by atoms with Gasteiger partial charge in [-0.3, -0.25) is 14.9 Å². The first kappa shape index (κ1) is 13.6. The van der Waals surface area contributed by atoms with Gasteiger partial charge in [0.15, 0.2) is 0 Å². The van der Waals surface area contributed by atoms with Crippen LogP contribution in [0, 0.1) is 22.9 Å². The maximum Gasteiger partial charge on any atom is 0.306 e. The number of nitro benzene ring substituents is 1. The Morgan fingerprint density at radius 3 is 2.75 bits per heavy atom. The summed E-state index contributed by atoms with van der Waals surface area (Å²) < 4.78 is 13.2. The Hall–Kier alpha value is -2.83. The molecule has 0 bridgehead atoms. The average molecular weight is 275 g/mol. The van der Waals surface area contributed by atoms with Crippen LogP contribution in [-0.2, 0) is 0 Å². The van der Waals surface area contributed by atoms with E-state index in [-0.39, 0.29) is 11.4 Å².